The quantitative estimate of drug-likeness (QED) is 0.491. The monoisotopic (exact) mass is 479 g/mol. The van der Waals surface area contributed by atoms with Gasteiger partial charge >= 0.3 is 11.9 Å². The van der Waals surface area contributed by atoms with Gasteiger partial charge in [-0.1, -0.05) is 51.4 Å². The molecule has 33 heavy (non-hydrogen) atoms. The molecule has 0 aromatic heterocycles. The van der Waals surface area contributed by atoms with Gasteiger partial charge in [-0.25, -0.2) is 9.59 Å². The number of carbonyl (C=O) groups is 2. The van der Waals surface area contributed by atoms with Crippen molar-refractivity contribution in [2.75, 3.05) is 27.2 Å². The number of halogens is 1. The Hall–Kier alpha value is -1.89. The van der Waals surface area contributed by atoms with Crippen LogP contribution < -0.4 is 0 Å². The minimum absolute atomic E-state index is 0.163. The van der Waals surface area contributed by atoms with E-state index in [1.165, 1.54) is 18.4 Å². The Labute approximate surface area is 202 Å². The van der Waals surface area contributed by atoms with E-state index in [0.717, 1.165) is 30.5 Å². The average molecular weight is 480 g/mol. The lowest BCUT2D eigenvalue weighted by Gasteiger charge is -2.49. The third kappa shape index (κ3) is 5.79. The second-order valence-electron chi connectivity index (χ2n) is 10.5. The minimum atomic E-state index is -1.26. The fourth-order valence-corrected chi connectivity index (χ4v) is 5.93. The van der Waals surface area contributed by atoms with Crippen LogP contribution in [-0.2, 0) is 19.9 Å². The van der Waals surface area contributed by atoms with E-state index in [4.69, 9.17) is 26.6 Å². The molecule has 4 atom stereocenters. The van der Waals surface area contributed by atoms with Crippen LogP contribution in [0.5, 0.6) is 0 Å². The predicted octanol–water partition coefficient (Wildman–Crippen LogP) is 5.31. The van der Waals surface area contributed by atoms with Crippen LogP contribution in [0.4, 0.5) is 0 Å². The number of ether oxygens (including phenoxy) is 1. The average Bonchev–Trinajstić information content (AvgIpc) is 3.03. The summed E-state index contributed by atoms with van der Waals surface area (Å²) in [7, 11) is 4.26. The van der Waals surface area contributed by atoms with Crippen LogP contribution in [0.3, 0.4) is 0 Å². The molecule has 184 valence electrons. The van der Waals surface area contributed by atoms with Crippen LogP contribution >= 0.6 is 11.6 Å². The second kappa shape index (κ2) is 10.6. The number of nitrogens with zero attached hydrogens (tertiary/aromatic N) is 1. The molecule has 0 spiro atoms. The minimum Gasteiger partial charge on any atom is -0.478 e. The van der Waals surface area contributed by atoms with Gasteiger partial charge in [-0.05, 0) is 68.3 Å². The highest BCUT2D eigenvalue weighted by molar-refractivity contribution is 6.30. The SMILES string of the molecule is CC(COC1(c2ccc(Cl)cc2)CC2CCC1(C)C2(C)C)CN(C)C.O=C(O)/C=C/C(=O)O. The van der Waals surface area contributed by atoms with Crippen molar-refractivity contribution >= 4 is 23.5 Å². The van der Waals surface area contributed by atoms with E-state index < -0.39 is 11.9 Å². The normalized spacial score (nSPS) is 28.5. The molecule has 6 nitrogen and oxygen atoms in total. The molecule has 3 rings (SSSR count). The van der Waals surface area contributed by atoms with Crippen molar-refractivity contribution in [3.63, 3.8) is 0 Å². The van der Waals surface area contributed by atoms with Gasteiger partial charge in [0.2, 0.25) is 0 Å². The molecule has 7 heteroatoms. The molecule has 1 aromatic carbocycles. The highest BCUT2D eigenvalue weighted by Crippen LogP contribution is 2.73. The third-order valence-corrected chi connectivity index (χ3v) is 8.08. The molecule has 4 unspecified atom stereocenters. The Morgan fingerprint density at radius 3 is 2.09 bits per heavy atom. The lowest BCUT2D eigenvalue weighted by molar-refractivity contribution is -0.154. The van der Waals surface area contributed by atoms with E-state index in [1.54, 1.807) is 0 Å². The molecule has 2 saturated carbocycles. The molecule has 0 saturated heterocycles. The maximum atomic E-state index is 9.55. The van der Waals surface area contributed by atoms with Crippen LogP contribution in [0.2, 0.25) is 5.02 Å². The predicted molar refractivity (Wildman–Crippen MR) is 130 cm³/mol. The van der Waals surface area contributed by atoms with Crippen molar-refractivity contribution < 1.29 is 24.5 Å². The zero-order chi connectivity index (χ0) is 25.0. The van der Waals surface area contributed by atoms with E-state index in [9.17, 15) is 9.59 Å². The summed E-state index contributed by atoms with van der Waals surface area (Å²) in [6.07, 6.45) is 4.82. The van der Waals surface area contributed by atoms with Crippen LogP contribution in [0.1, 0.15) is 52.5 Å². The number of aliphatic carboxylic acids is 2. The van der Waals surface area contributed by atoms with E-state index in [-0.39, 0.29) is 11.0 Å². The molecule has 0 radical (unpaired) electrons. The standard InChI is InChI=1S/C22H34ClNO.C4H4O4/c1-16(14-24(5)6)15-25-22(17-7-9-19(23)10-8-17)13-18-11-12-21(22,4)20(18,2)3;5-3(6)1-2-4(7)8/h7-10,16,18H,11-15H2,1-6H3;1-2H,(H,5,6)(H,7,8)/b;2-1+. The van der Waals surface area contributed by atoms with Gasteiger partial charge < -0.3 is 19.8 Å². The smallest absolute Gasteiger partial charge is 0.328 e. The summed E-state index contributed by atoms with van der Waals surface area (Å²) in [5.41, 5.74) is 1.59. The van der Waals surface area contributed by atoms with Gasteiger partial charge in [-0.2, -0.15) is 0 Å². The Balaban J connectivity index is 0.000000414. The Morgan fingerprint density at radius 1 is 1.15 bits per heavy atom. The first kappa shape index (κ1) is 27.4. The zero-order valence-electron chi connectivity index (χ0n) is 20.6. The second-order valence-corrected chi connectivity index (χ2v) is 11.0. The molecule has 0 aliphatic heterocycles. The van der Waals surface area contributed by atoms with E-state index in [1.807, 2.05) is 12.1 Å². The van der Waals surface area contributed by atoms with Gasteiger partial charge in [0.1, 0.15) is 0 Å². The van der Waals surface area contributed by atoms with E-state index >= 15 is 0 Å². The van der Waals surface area contributed by atoms with Crippen molar-refractivity contribution in [1.29, 1.82) is 0 Å². The summed E-state index contributed by atoms with van der Waals surface area (Å²) >= 11 is 6.17. The maximum Gasteiger partial charge on any atom is 0.328 e. The number of hydrogen-bond donors (Lipinski definition) is 2. The summed E-state index contributed by atoms with van der Waals surface area (Å²) in [6, 6.07) is 8.43. The maximum absolute atomic E-state index is 9.55. The lowest BCUT2D eigenvalue weighted by Crippen LogP contribution is -2.47. The summed E-state index contributed by atoms with van der Waals surface area (Å²) < 4.78 is 6.88. The van der Waals surface area contributed by atoms with Gasteiger partial charge in [-0.3, -0.25) is 0 Å². The molecule has 1 aromatic rings. The molecule has 2 fully saturated rings. The van der Waals surface area contributed by atoms with Crippen molar-refractivity contribution in [2.45, 2.75) is 52.6 Å². The first-order chi connectivity index (χ1) is 15.2. The van der Waals surface area contributed by atoms with Crippen LogP contribution in [0, 0.1) is 22.7 Å². The summed E-state index contributed by atoms with van der Waals surface area (Å²) in [4.78, 5) is 21.4. The van der Waals surface area contributed by atoms with Crippen LogP contribution in [0.25, 0.3) is 0 Å². The molecule has 0 amide bonds. The highest BCUT2D eigenvalue weighted by Gasteiger charge is 2.70. The van der Waals surface area contributed by atoms with Crippen LogP contribution in [0.15, 0.2) is 36.4 Å². The number of carboxylic acids is 2. The van der Waals surface area contributed by atoms with Gasteiger partial charge in [0, 0.05) is 29.1 Å². The first-order valence-corrected chi connectivity index (χ1v) is 11.8. The zero-order valence-corrected chi connectivity index (χ0v) is 21.4. The van der Waals surface area contributed by atoms with Gasteiger partial charge in [0.15, 0.2) is 0 Å². The van der Waals surface area contributed by atoms with E-state index in [0.29, 0.717) is 23.5 Å². The van der Waals surface area contributed by atoms with Gasteiger partial charge in [0.25, 0.3) is 0 Å². The largest absolute Gasteiger partial charge is 0.478 e. The Bertz CT molecular complexity index is 850. The van der Waals surface area contributed by atoms with Crippen LogP contribution in [-0.4, -0.2) is 54.3 Å². The molecule has 2 aliphatic carbocycles. The summed E-state index contributed by atoms with van der Waals surface area (Å²) in [6.45, 7) is 11.5. The number of hydrogen-bond acceptors (Lipinski definition) is 4. The Morgan fingerprint density at radius 2 is 1.70 bits per heavy atom. The molecule has 2 bridgehead atoms. The Kier molecular flexibility index (Phi) is 8.77. The number of benzene rings is 1. The highest BCUT2D eigenvalue weighted by atomic mass is 35.5. The molecule has 0 heterocycles. The fourth-order valence-electron chi connectivity index (χ4n) is 5.81. The number of rotatable bonds is 8. The first-order valence-electron chi connectivity index (χ1n) is 11.4. The molecular formula is C26H38ClNO5. The number of fused-ring (bicyclic) bond motifs is 2. The van der Waals surface area contributed by atoms with Crippen molar-refractivity contribution in [3.05, 3.63) is 47.0 Å². The van der Waals surface area contributed by atoms with Crippen molar-refractivity contribution in [3.8, 4) is 0 Å². The van der Waals surface area contributed by atoms with E-state index in [2.05, 4.69) is 58.8 Å². The van der Waals surface area contributed by atoms with Gasteiger partial charge in [0.05, 0.1) is 12.2 Å². The molecule has 2 N–H and O–H groups in total. The van der Waals surface area contributed by atoms with Crippen molar-refractivity contribution in [1.82, 2.24) is 4.90 Å². The van der Waals surface area contributed by atoms with Crippen molar-refractivity contribution in [2.24, 2.45) is 22.7 Å². The fraction of sp³-hybridized carbons (Fsp3) is 0.615. The molecular weight excluding hydrogens is 442 g/mol. The summed E-state index contributed by atoms with van der Waals surface area (Å²) in [5, 5.41) is 16.4. The number of carboxylic acid groups (broad SMARTS) is 2. The molecule has 2 aliphatic rings. The summed E-state index contributed by atoms with van der Waals surface area (Å²) in [5.74, 6) is -1.26. The third-order valence-electron chi connectivity index (χ3n) is 7.83. The topological polar surface area (TPSA) is 87.1 Å². The lowest BCUT2D eigenvalue weighted by atomic mass is 9.62. The van der Waals surface area contributed by atoms with Gasteiger partial charge in [-0.15, -0.1) is 0 Å².